The number of amides is 2. The summed E-state index contributed by atoms with van der Waals surface area (Å²) in [6.07, 6.45) is -0.0469. The van der Waals surface area contributed by atoms with Gasteiger partial charge in [0.05, 0.1) is 0 Å². The fourth-order valence-corrected chi connectivity index (χ4v) is 1.41. The summed E-state index contributed by atoms with van der Waals surface area (Å²) >= 11 is 0. The maximum atomic E-state index is 11.9. The number of carbonyl (C=O) groups is 3. The summed E-state index contributed by atoms with van der Waals surface area (Å²) < 4.78 is 5.09. The van der Waals surface area contributed by atoms with Crippen molar-refractivity contribution in [1.29, 1.82) is 0 Å². The van der Waals surface area contributed by atoms with E-state index in [1.165, 1.54) is 0 Å². The van der Waals surface area contributed by atoms with Gasteiger partial charge in [-0.2, -0.15) is 0 Å². The third-order valence-electron chi connectivity index (χ3n) is 2.58. The second-order valence-electron chi connectivity index (χ2n) is 5.62. The Hall–Kier alpha value is -1.79. The Morgan fingerprint density at radius 3 is 2.20 bits per heavy atom. The number of carboxylic acid groups (broad SMARTS) is 1. The van der Waals surface area contributed by atoms with Crippen molar-refractivity contribution in [3.05, 3.63) is 0 Å². The molecule has 0 aromatic rings. The van der Waals surface area contributed by atoms with Crippen LogP contribution >= 0.6 is 0 Å². The third kappa shape index (κ3) is 7.60. The number of hydrogen-bond donors (Lipinski definition) is 3. The molecule has 0 spiro atoms. The summed E-state index contributed by atoms with van der Waals surface area (Å²) in [6.45, 7) is 8.34. The molecular weight excluding hydrogens is 264 g/mol. The quantitative estimate of drug-likeness (QED) is 0.679. The molecule has 0 aromatic carbocycles. The number of ether oxygens (including phenoxy) is 1. The fraction of sp³-hybridized carbons (Fsp3) is 0.769. The molecule has 0 aliphatic rings. The van der Waals surface area contributed by atoms with Crippen LogP contribution in [0.15, 0.2) is 0 Å². The molecule has 116 valence electrons. The van der Waals surface area contributed by atoms with Crippen LogP contribution < -0.4 is 10.6 Å². The van der Waals surface area contributed by atoms with E-state index in [0.29, 0.717) is 6.42 Å². The van der Waals surface area contributed by atoms with Crippen LogP contribution in [0.1, 0.15) is 41.0 Å². The molecule has 20 heavy (non-hydrogen) atoms. The van der Waals surface area contributed by atoms with Gasteiger partial charge >= 0.3 is 12.1 Å². The van der Waals surface area contributed by atoms with E-state index in [-0.39, 0.29) is 5.92 Å². The molecule has 0 aromatic heterocycles. The number of nitrogens with one attached hydrogen (secondary N) is 2. The van der Waals surface area contributed by atoms with Crippen molar-refractivity contribution in [3.8, 4) is 0 Å². The van der Waals surface area contributed by atoms with Crippen molar-refractivity contribution in [2.24, 2.45) is 5.92 Å². The van der Waals surface area contributed by atoms with E-state index in [4.69, 9.17) is 9.84 Å². The highest BCUT2D eigenvalue weighted by molar-refractivity contribution is 5.88. The van der Waals surface area contributed by atoms with Crippen LogP contribution in [-0.2, 0) is 14.3 Å². The van der Waals surface area contributed by atoms with Gasteiger partial charge in [-0.15, -0.1) is 0 Å². The number of rotatable bonds is 6. The molecule has 3 N–H and O–H groups in total. The summed E-state index contributed by atoms with van der Waals surface area (Å²) in [5.41, 5.74) is -0.665. The van der Waals surface area contributed by atoms with Crippen LogP contribution in [0.25, 0.3) is 0 Å². The average Bonchev–Trinajstić information content (AvgIpc) is 2.29. The molecule has 0 fully saturated rings. The predicted octanol–water partition coefficient (Wildman–Crippen LogP) is 1.13. The molecule has 0 rings (SSSR count). The van der Waals surface area contributed by atoms with Crippen molar-refractivity contribution < 1.29 is 24.2 Å². The summed E-state index contributed by atoms with van der Waals surface area (Å²) in [5, 5.41) is 13.3. The van der Waals surface area contributed by atoms with E-state index >= 15 is 0 Å². The highest BCUT2D eigenvalue weighted by Crippen LogP contribution is 2.11. The highest BCUT2D eigenvalue weighted by atomic mass is 16.6. The molecule has 0 bridgehead atoms. The molecule has 0 aliphatic heterocycles. The van der Waals surface area contributed by atoms with Crippen molar-refractivity contribution in [3.63, 3.8) is 0 Å². The Morgan fingerprint density at radius 1 is 1.25 bits per heavy atom. The molecule has 7 heteroatoms. The van der Waals surface area contributed by atoms with Gasteiger partial charge in [0, 0.05) is 0 Å². The lowest BCUT2D eigenvalue weighted by atomic mass is 9.98. The van der Waals surface area contributed by atoms with Crippen LogP contribution in [0, 0.1) is 5.92 Å². The standard InChI is InChI=1S/C13H24N2O5/c1-6-8(2)10(11(18)14-7-9(16)17)15-12(19)20-13(3,4)5/h8,10H,6-7H2,1-5H3,(H,14,18)(H,15,19)(H,16,17). The first kappa shape index (κ1) is 18.2. The highest BCUT2D eigenvalue weighted by Gasteiger charge is 2.28. The molecule has 7 nitrogen and oxygen atoms in total. The van der Waals surface area contributed by atoms with Crippen molar-refractivity contribution in [2.45, 2.75) is 52.7 Å². The normalized spacial score (nSPS) is 14.1. The first-order valence-electron chi connectivity index (χ1n) is 6.55. The van der Waals surface area contributed by atoms with Gasteiger partial charge in [0.25, 0.3) is 0 Å². The molecule has 2 amide bonds. The van der Waals surface area contributed by atoms with Gasteiger partial charge in [-0.25, -0.2) is 4.79 Å². The molecule has 0 heterocycles. The van der Waals surface area contributed by atoms with Gasteiger partial charge in [-0.05, 0) is 26.7 Å². The SMILES string of the molecule is CCC(C)C(NC(=O)OC(C)(C)C)C(=O)NCC(=O)O. The first-order chi connectivity index (χ1) is 9.06. The third-order valence-corrected chi connectivity index (χ3v) is 2.58. The Kier molecular flexibility index (Phi) is 7.02. The predicted molar refractivity (Wildman–Crippen MR) is 73.3 cm³/mol. The zero-order chi connectivity index (χ0) is 15.9. The first-order valence-corrected chi connectivity index (χ1v) is 6.55. The lowest BCUT2D eigenvalue weighted by molar-refractivity contribution is -0.138. The van der Waals surface area contributed by atoms with Gasteiger partial charge in [-0.1, -0.05) is 20.3 Å². The monoisotopic (exact) mass is 288 g/mol. The van der Waals surface area contributed by atoms with Crippen molar-refractivity contribution in [2.75, 3.05) is 6.54 Å². The van der Waals surface area contributed by atoms with Gasteiger partial charge in [0.1, 0.15) is 18.2 Å². The Bertz CT molecular complexity index is 362. The molecule has 2 atom stereocenters. The van der Waals surface area contributed by atoms with Gasteiger partial charge in [0.2, 0.25) is 5.91 Å². The van der Waals surface area contributed by atoms with E-state index < -0.39 is 36.2 Å². The van der Waals surface area contributed by atoms with E-state index in [1.807, 2.05) is 6.92 Å². The molecule has 0 saturated carbocycles. The molecular formula is C13H24N2O5. The van der Waals surface area contributed by atoms with Gasteiger partial charge in [0.15, 0.2) is 0 Å². The minimum absolute atomic E-state index is 0.142. The summed E-state index contributed by atoms with van der Waals surface area (Å²) in [5.74, 6) is -1.82. The van der Waals surface area contributed by atoms with E-state index in [1.54, 1.807) is 27.7 Å². The number of carbonyl (C=O) groups excluding carboxylic acids is 2. The van der Waals surface area contributed by atoms with E-state index in [9.17, 15) is 14.4 Å². The maximum Gasteiger partial charge on any atom is 0.408 e. The van der Waals surface area contributed by atoms with Crippen LogP contribution in [0.4, 0.5) is 4.79 Å². The molecule has 0 saturated heterocycles. The van der Waals surface area contributed by atoms with E-state index in [2.05, 4.69) is 10.6 Å². The lowest BCUT2D eigenvalue weighted by Gasteiger charge is -2.26. The summed E-state index contributed by atoms with van der Waals surface area (Å²) in [7, 11) is 0. The summed E-state index contributed by atoms with van der Waals surface area (Å²) in [4.78, 5) is 34.1. The largest absolute Gasteiger partial charge is 0.480 e. The zero-order valence-corrected chi connectivity index (χ0v) is 12.6. The van der Waals surface area contributed by atoms with Crippen molar-refractivity contribution in [1.82, 2.24) is 10.6 Å². The van der Waals surface area contributed by atoms with Crippen LogP contribution in [-0.4, -0.2) is 41.3 Å². The van der Waals surface area contributed by atoms with Crippen LogP contribution in [0.5, 0.6) is 0 Å². The Balaban J connectivity index is 4.68. The van der Waals surface area contributed by atoms with Crippen LogP contribution in [0.3, 0.4) is 0 Å². The lowest BCUT2D eigenvalue weighted by Crippen LogP contribution is -2.52. The number of hydrogen-bond acceptors (Lipinski definition) is 4. The number of carboxylic acids is 1. The number of alkyl carbamates (subject to hydrolysis) is 1. The van der Waals surface area contributed by atoms with Gasteiger partial charge in [-0.3, -0.25) is 9.59 Å². The van der Waals surface area contributed by atoms with E-state index in [0.717, 1.165) is 0 Å². The smallest absolute Gasteiger partial charge is 0.408 e. The topological polar surface area (TPSA) is 105 Å². The second-order valence-corrected chi connectivity index (χ2v) is 5.62. The van der Waals surface area contributed by atoms with Crippen molar-refractivity contribution >= 4 is 18.0 Å². The molecule has 2 unspecified atom stereocenters. The zero-order valence-electron chi connectivity index (χ0n) is 12.6. The Labute approximate surface area is 119 Å². The van der Waals surface area contributed by atoms with Crippen LogP contribution in [0.2, 0.25) is 0 Å². The average molecular weight is 288 g/mol. The number of aliphatic carboxylic acids is 1. The minimum atomic E-state index is -1.14. The maximum absolute atomic E-state index is 11.9. The summed E-state index contributed by atoms with van der Waals surface area (Å²) in [6, 6.07) is -0.825. The molecule has 0 aliphatic carbocycles. The fourth-order valence-electron chi connectivity index (χ4n) is 1.41. The Morgan fingerprint density at radius 2 is 1.80 bits per heavy atom. The molecule has 0 radical (unpaired) electrons. The minimum Gasteiger partial charge on any atom is -0.480 e. The van der Waals surface area contributed by atoms with Gasteiger partial charge < -0.3 is 20.5 Å². The second kappa shape index (κ2) is 7.72.